The van der Waals surface area contributed by atoms with E-state index in [4.69, 9.17) is 5.73 Å². The van der Waals surface area contributed by atoms with Crippen LogP contribution in [0.1, 0.15) is 69.3 Å². The van der Waals surface area contributed by atoms with Gasteiger partial charge >= 0.3 is 0 Å². The Labute approximate surface area is 113 Å². The summed E-state index contributed by atoms with van der Waals surface area (Å²) in [6.45, 7) is 15.6. The fourth-order valence-corrected chi connectivity index (χ4v) is 2.62. The fraction of sp³-hybridized carbons (Fsp3) is 0.647. The van der Waals surface area contributed by atoms with E-state index >= 15 is 0 Å². The molecule has 0 spiro atoms. The SMILES string of the molecule is Cc1cc(C(C)(C)C)cc(C)c1C(N)CC(C)C. The molecule has 0 aliphatic heterocycles. The third-order valence-electron chi connectivity index (χ3n) is 3.56. The van der Waals surface area contributed by atoms with Crippen LogP contribution in [-0.2, 0) is 5.41 Å². The van der Waals surface area contributed by atoms with Crippen LogP contribution >= 0.6 is 0 Å². The van der Waals surface area contributed by atoms with E-state index in [-0.39, 0.29) is 11.5 Å². The van der Waals surface area contributed by atoms with E-state index in [9.17, 15) is 0 Å². The highest BCUT2D eigenvalue weighted by molar-refractivity contribution is 5.42. The van der Waals surface area contributed by atoms with Crippen molar-refractivity contribution in [2.75, 3.05) is 0 Å². The molecule has 0 radical (unpaired) electrons. The molecule has 1 aromatic rings. The molecule has 1 atom stereocenters. The van der Waals surface area contributed by atoms with E-state index in [0.29, 0.717) is 5.92 Å². The fourth-order valence-electron chi connectivity index (χ4n) is 2.62. The minimum absolute atomic E-state index is 0.166. The van der Waals surface area contributed by atoms with Gasteiger partial charge in [-0.05, 0) is 53.9 Å². The Hall–Kier alpha value is -0.820. The summed E-state index contributed by atoms with van der Waals surface area (Å²) in [4.78, 5) is 0. The molecule has 1 heteroatoms. The lowest BCUT2D eigenvalue weighted by Crippen LogP contribution is -2.18. The van der Waals surface area contributed by atoms with Crippen molar-refractivity contribution in [3.63, 3.8) is 0 Å². The standard InChI is InChI=1S/C17H29N/c1-11(2)8-15(18)16-12(3)9-14(10-13(16)4)17(5,6)7/h9-11,15H,8,18H2,1-7H3. The molecule has 0 aliphatic carbocycles. The van der Waals surface area contributed by atoms with Gasteiger partial charge in [0.1, 0.15) is 0 Å². The maximum atomic E-state index is 6.36. The zero-order valence-corrected chi connectivity index (χ0v) is 13.1. The van der Waals surface area contributed by atoms with Crippen molar-refractivity contribution in [2.24, 2.45) is 11.7 Å². The van der Waals surface area contributed by atoms with Crippen molar-refractivity contribution in [2.45, 2.75) is 66.3 Å². The summed E-state index contributed by atoms with van der Waals surface area (Å²) >= 11 is 0. The lowest BCUT2D eigenvalue weighted by molar-refractivity contribution is 0.506. The normalized spacial score (nSPS) is 14.1. The molecule has 0 aromatic heterocycles. The predicted molar refractivity (Wildman–Crippen MR) is 81.0 cm³/mol. The molecule has 0 saturated heterocycles. The van der Waals surface area contributed by atoms with Gasteiger partial charge in [-0.25, -0.2) is 0 Å². The molecule has 2 N–H and O–H groups in total. The number of benzene rings is 1. The van der Waals surface area contributed by atoms with Gasteiger partial charge < -0.3 is 5.73 Å². The Kier molecular flexibility index (Phi) is 4.61. The molecule has 0 fully saturated rings. The molecule has 0 amide bonds. The first kappa shape index (κ1) is 15.2. The van der Waals surface area contributed by atoms with Gasteiger partial charge in [0.05, 0.1) is 0 Å². The predicted octanol–water partition coefficient (Wildman–Crippen LogP) is 4.65. The van der Waals surface area contributed by atoms with Crippen LogP contribution in [0.15, 0.2) is 12.1 Å². The number of aryl methyl sites for hydroxylation is 2. The van der Waals surface area contributed by atoms with Crippen molar-refractivity contribution >= 4 is 0 Å². The van der Waals surface area contributed by atoms with Crippen LogP contribution in [0.5, 0.6) is 0 Å². The van der Waals surface area contributed by atoms with Crippen LogP contribution in [0.25, 0.3) is 0 Å². The minimum Gasteiger partial charge on any atom is -0.324 e. The average molecular weight is 247 g/mol. The minimum atomic E-state index is 0.166. The molecule has 0 aliphatic rings. The van der Waals surface area contributed by atoms with E-state index in [1.54, 1.807) is 0 Å². The van der Waals surface area contributed by atoms with Crippen molar-refractivity contribution in [3.8, 4) is 0 Å². The van der Waals surface area contributed by atoms with Gasteiger partial charge in [-0.3, -0.25) is 0 Å². The smallest absolute Gasteiger partial charge is 0.0302 e. The number of hydrogen-bond acceptors (Lipinski definition) is 1. The molecule has 0 bridgehead atoms. The van der Waals surface area contributed by atoms with Gasteiger partial charge in [0, 0.05) is 6.04 Å². The van der Waals surface area contributed by atoms with Crippen molar-refractivity contribution < 1.29 is 0 Å². The summed E-state index contributed by atoms with van der Waals surface area (Å²) in [5, 5.41) is 0. The molecular weight excluding hydrogens is 218 g/mol. The molecule has 0 saturated carbocycles. The van der Waals surface area contributed by atoms with Crippen LogP contribution < -0.4 is 5.73 Å². The van der Waals surface area contributed by atoms with Gasteiger partial charge in [-0.15, -0.1) is 0 Å². The third kappa shape index (κ3) is 3.58. The second kappa shape index (κ2) is 5.44. The molecule has 0 heterocycles. The van der Waals surface area contributed by atoms with E-state index in [1.165, 1.54) is 22.3 Å². The summed E-state index contributed by atoms with van der Waals surface area (Å²) < 4.78 is 0. The Balaban J connectivity index is 3.17. The third-order valence-corrected chi connectivity index (χ3v) is 3.56. The lowest BCUT2D eigenvalue weighted by atomic mass is 9.82. The second-order valence-electron chi connectivity index (χ2n) is 7.01. The van der Waals surface area contributed by atoms with Crippen molar-refractivity contribution in [3.05, 3.63) is 34.4 Å². The van der Waals surface area contributed by atoms with Gasteiger partial charge in [-0.1, -0.05) is 46.8 Å². The first-order valence-electron chi connectivity index (χ1n) is 7.00. The Morgan fingerprint density at radius 3 is 1.83 bits per heavy atom. The first-order valence-corrected chi connectivity index (χ1v) is 7.00. The maximum Gasteiger partial charge on any atom is 0.0302 e. The number of nitrogens with two attached hydrogens (primary N) is 1. The van der Waals surface area contributed by atoms with Gasteiger partial charge in [0.15, 0.2) is 0 Å². The van der Waals surface area contributed by atoms with Crippen LogP contribution in [0.2, 0.25) is 0 Å². The molecular formula is C17H29N. The maximum absolute atomic E-state index is 6.36. The summed E-state index contributed by atoms with van der Waals surface area (Å²) in [5.41, 5.74) is 12.0. The zero-order chi connectivity index (χ0) is 14.1. The Morgan fingerprint density at radius 2 is 1.50 bits per heavy atom. The van der Waals surface area contributed by atoms with E-state index in [2.05, 4.69) is 60.6 Å². The monoisotopic (exact) mass is 247 g/mol. The molecule has 1 rings (SSSR count). The van der Waals surface area contributed by atoms with Crippen molar-refractivity contribution in [1.82, 2.24) is 0 Å². The summed E-state index contributed by atoms with van der Waals surface area (Å²) in [7, 11) is 0. The highest BCUT2D eigenvalue weighted by Gasteiger charge is 2.19. The molecule has 1 nitrogen and oxygen atoms in total. The van der Waals surface area contributed by atoms with Crippen LogP contribution in [0, 0.1) is 19.8 Å². The highest BCUT2D eigenvalue weighted by Crippen LogP contribution is 2.31. The molecule has 1 unspecified atom stereocenters. The summed E-state index contributed by atoms with van der Waals surface area (Å²) in [5.74, 6) is 0.640. The molecule has 102 valence electrons. The lowest BCUT2D eigenvalue weighted by Gasteiger charge is -2.25. The first-order chi connectivity index (χ1) is 8.12. The van der Waals surface area contributed by atoms with E-state index in [1.807, 2.05) is 0 Å². The van der Waals surface area contributed by atoms with Crippen LogP contribution in [0.4, 0.5) is 0 Å². The van der Waals surface area contributed by atoms with Gasteiger partial charge in [0.25, 0.3) is 0 Å². The summed E-state index contributed by atoms with van der Waals surface area (Å²) in [6, 6.07) is 4.78. The van der Waals surface area contributed by atoms with E-state index < -0.39 is 0 Å². The summed E-state index contributed by atoms with van der Waals surface area (Å²) in [6.07, 6.45) is 1.05. The largest absolute Gasteiger partial charge is 0.324 e. The second-order valence-corrected chi connectivity index (χ2v) is 7.01. The van der Waals surface area contributed by atoms with E-state index in [0.717, 1.165) is 6.42 Å². The average Bonchev–Trinajstić information content (AvgIpc) is 2.13. The van der Waals surface area contributed by atoms with Gasteiger partial charge in [0.2, 0.25) is 0 Å². The zero-order valence-electron chi connectivity index (χ0n) is 13.1. The van der Waals surface area contributed by atoms with Crippen LogP contribution in [-0.4, -0.2) is 0 Å². The quantitative estimate of drug-likeness (QED) is 0.827. The molecule has 18 heavy (non-hydrogen) atoms. The number of rotatable bonds is 3. The number of hydrogen-bond donors (Lipinski definition) is 1. The highest BCUT2D eigenvalue weighted by atomic mass is 14.6. The Bertz CT molecular complexity index is 387. The Morgan fingerprint density at radius 1 is 1.06 bits per heavy atom. The van der Waals surface area contributed by atoms with Crippen LogP contribution in [0.3, 0.4) is 0 Å². The topological polar surface area (TPSA) is 26.0 Å². The van der Waals surface area contributed by atoms with Crippen molar-refractivity contribution in [1.29, 1.82) is 0 Å². The van der Waals surface area contributed by atoms with Gasteiger partial charge in [-0.2, -0.15) is 0 Å². The molecule has 1 aromatic carbocycles.